The van der Waals surface area contributed by atoms with Gasteiger partial charge in [-0.1, -0.05) is 0 Å². The number of nitriles is 1. The van der Waals surface area contributed by atoms with Gasteiger partial charge in [0, 0.05) is 5.56 Å². The van der Waals surface area contributed by atoms with Crippen molar-refractivity contribution >= 4 is 5.82 Å². The van der Waals surface area contributed by atoms with Gasteiger partial charge in [-0.15, -0.1) is 0 Å². The Morgan fingerprint density at radius 3 is 2.31 bits per heavy atom. The zero-order chi connectivity index (χ0) is 12.5. The minimum atomic E-state index is -5.07. The highest BCUT2D eigenvalue weighted by Crippen LogP contribution is 2.38. The van der Waals surface area contributed by atoms with E-state index in [1.807, 2.05) is 0 Å². The predicted molar refractivity (Wildman–Crippen MR) is 43.3 cm³/mol. The Morgan fingerprint density at radius 1 is 1.38 bits per heavy atom. The Kier molecular flexibility index (Phi) is 2.98. The molecule has 0 aliphatic rings. The molecule has 0 saturated carbocycles. The first-order chi connectivity index (χ1) is 7.27. The monoisotopic (exact) mass is 237 g/mol. The smallest absolute Gasteiger partial charge is 0.384 e. The molecule has 0 aliphatic heterocycles. The molecule has 0 amide bonds. The van der Waals surface area contributed by atoms with Gasteiger partial charge in [0.2, 0.25) is 0 Å². The van der Waals surface area contributed by atoms with Gasteiger partial charge in [0.25, 0.3) is 6.43 Å². The first-order valence-corrected chi connectivity index (χ1v) is 3.83. The van der Waals surface area contributed by atoms with E-state index in [9.17, 15) is 22.0 Å². The molecule has 8 heteroatoms. The van der Waals surface area contributed by atoms with Crippen LogP contribution in [-0.4, -0.2) is 4.98 Å². The summed E-state index contributed by atoms with van der Waals surface area (Å²) in [5.74, 6) is -0.556. The highest BCUT2D eigenvalue weighted by Gasteiger charge is 2.39. The topological polar surface area (TPSA) is 62.7 Å². The molecule has 0 spiro atoms. The summed E-state index contributed by atoms with van der Waals surface area (Å²) in [6, 6.07) is 1.50. The predicted octanol–water partition coefficient (Wildman–Crippen LogP) is 2.49. The summed E-state index contributed by atoms with van der Waals surface area (Å²) in [5, 5.41) is 8.40. The summed E-state index contributed by atoms with van der Waals surface area (Å²) in [5.41, 5.74) is 0.798. The van der Waals surface area contributed by atoms with Crippen molar-refractivity contribution in [3.05, 3.63) is 22.9 Å². The van der Waals surface area contributed by atoms with Crippen LogP contribution in [0.2, 0.25) is 0 Å². The Labute approximate surface area is 86.3 Å². The number of aromatic nitrogens is 1. The fourth-order valence-corrected chi connectivity index (χ4v) is 1.14. The molecule has 2 N–H and O–H groups in total. The SMILES string of the molecule is N#Cc1nc(N)cc(C(F)F)c1C(F)(F)F. The van der Waals surface area contributed by atoms with Crippen LogP contribution in [-0.2, 0) is 6.18 Å². The van der Waals surface area contributed by atoms with Crippen molar-refractivity contribution < 1.29 is 22.0 Å². The van der Waals surface area contributed by atoms with Crippen LogP contribution < -0.4 is 5.73 Å². The lowest BCUT2D eigenvalue weighted by Crippen LogP contribution is -2.14. The molecule has 0 aromatic carbocycles. The van der Waals surface area contributed by atoms with Gasteiger partial charge >= 0.3 is 6.18 Å². The zero-order valence-corrected chi connectivity index (χ0v) is 7.52. The van der Waals surface area contributed by atoms with Crippen LogP contribution in [0, 0.1) is 11.3 Å². The molecule has 0 saturated heterocycles. The van der Waals surface area contributed by atoms with E-state index in [2.05, 4.69) is 4.98 Å². The molecule has 0 bridgehead atoms. The second-order valence-electron chi connectivity index (χ2n) is 2.77. The van der Waals surface area contributed by atoms with Gasteiger partial charge in [-0.2, -0.15) is 18.4 Å². The molecule has 0 aliphatic carbocycles. The molecule has 0 radical (unpaired) electrons. The first-order valence-electron chi connectivity index (χ1n) is 3.83. The second-order valence-corrected chi connectivity index (χ2v) is 2.77. The lowest BCUT2D eigenvalue weighted by molar-refractivity contribution is -0.140. The summed E-state index contributed by atoms with van der Waals surface area (Å²) in [4.78, 5) is 3.06. The number of hydrogen-bond acceptors (Lipinski definition) is 3. The van der Waals surface area contributed by atoms with Crippen LogP contribution in [0.15, 0.2) is 6.07 Å². The van der Waals surface area contributed by atoms with Crippen molar-refractivity contribution in [2.24, 2.45) is 0 Å². The molecule has 0 atom stereocenters. The van der Waals surface area contributed by atoms with Gasteiger partial charge in [0.15, 0.2) is 5.69 Å². The van der Waals surface area contributed by atoms with Crippen LogP contribution in [0.25, 0.3) is 0 Å². The highest BCUT2D eigenvalue weighted by molar-refractivity contribution is 5.47. The van der Waals surface area contributed by atoms with Crippen molar-refractivity contribution in [2.75, 3.05) is 5.73 Å². The average Bonchev–Trinajstić information content (AvgIpc) is 2.14. The third kappa shape index (κ3) is 2.18. The molecule has 1 rings (SSSR count). The van der Waals surface area contributed by atoms with Crippen LogP contribution >= 0.6 is 0 Å². The van der Waals surface area contributed by atoms with E-state index in [0.29, 0.717) is 6.07 Å². The van der Waals surface area contributed by atoms with E-state index in [0.717, 1.165) is 6.07 Å². The lowest BCUT2D eigenvalue weighted by Gasteiger charge is -2.13. The van der Waals surface area contributed by atoms with E-state index < -0.39 is 35.2 Å². The van der Waals surface area contributed by atoms with E-state index in [-0.39, 0.29) is 0 Å². The molecular formula is C8H4F5N3. The second kappa shape index (κ2) is 3.92. The quantitative estimate of drug-likeness (QED) is 0.763. The summed E-state index contributed by atoms with van der Waals surface area (Å²) in [6.07, 6.45) is -8.45. The van der Waals surface area contributed by atoms with Crippen molar-refractivity contribution in [1.29, 1.82) is 5.26 Å². The van der Waals surface area contributed by atoms with E-state index >= 15 is 0 Å². The number of alkyl halides is 5. The van der Waals surface area contributed by atoms with Crippen molar-refractivity contribution in [1.82, 2.24) is 4.98 Å². The Morgan fingerprint density at radius 2 is 1.94 bits per heavy atom. The molecule has 1 aromatic rings. The van der Waals surface area contributed by atoms with Gasteiger partial charge < -0.3 is 5.73 Å². The minimum Gasteiger partial charge on any atom is -0.384 e. The standard InChI is InChI=1S/C8H4F5N3/c9-7(10)3-1-5(15)16-4(2-14)6(3)8(11,12)13/h1,7H,(H2,15,16). The number of nitrogens with two attached hydrogens (primary N) is 1. The Hall–Kier alpha value is -1.91. The van der Waals surface area contributed by atoms with Crippen molar-refractivity contribution in [3.8, 4) is 6.07 Å². The summed E-state index contributed by atoms with van der Waals surface area (Å²) in [6.45, 7) is 0. The number of nitrogens with zero attached hydrogens (tertiary/aromatic N) is 2. The third-order valence-corrected chi connectivity index (χ3v) is 1.69. The summed E-state index contributed by atoms with van der Waals surface area (Å²) in [7, 11) is 0. The largest absolute Gasteiger partial charge is 0.419 e. The number of anilines is 1. The van der Waals surface area contributed by atoms with Gasteiger partial charge in [-0.3, -0.25) is 0 Å². The Balaban J connectivity index is 3.60. The van der Waals surface area contributed by atoms with Gasteiger partial charge in [-0.25, -0.2) is 13.8 Å². The normalized spacial score (nSPS) is 11.6. The van der Waals surface area contributed by atoms with Gasteiger partial charge in [0.1, 0.15) is 17.5 Å². The van der Waals surface area contributed by atoms with Gasteiger partial charge in [-0.05, 0) is 6.07 Å². The summed E-state index contributed by atoms with van der Waals surface area (Å²) < 4.78 is 62.0. The molecule has 0 unspecified atom stereocenters. The maximum atomic E-state index is 12.4. The first kappa shape index (κ1) is 12.2. The molecule has 3 nitrogen and oxygen atoms in total. The molecule has 1 aromatic heterocycles. The van der Waals surface area contributed by atoms with Gasteiger partial charge in [0.05, 0.1) is 0 Å². The highest BCUT2D eigenvalue weighted by atomic mass is 19.4. The van der Waals surface area contributed by atoms with Crippen LogP contribution in [0.1, 0.15) is 23.2 Å². The van der Waals surface area contributed by atoms with Crippen molar-refractivity contribution in [2.45, 2.75) is 12.6 Å². The third-order valence-electron chi connectivity index (χ3n) is 1.69. The molecular weight excluding hydrogens is 233 g/mol. The fraction of sp³-hybridized carbons (Fsp3) is 0.250. The summed E-state index contributed by atoms with van der Waals surface area (Å²) >= 11 is 0. The Bertz CT molecular complexity index is 446. The number of rotatable bonds is 1. The minimum absolute atomic E-state index is 0.411. The zero-order valence-electron chi connectivity index (χ0n) is 7.52. The maximum Gasteiger partial charge on any atom is 0.419 e. The maximum absolute atomic E-state index is 12.4. The molecule has 0 fully saturated rings. The van der Waals surface area contributed by atoms with Crippen LogP contribution in [0.4, 0.5) is 27.8 Å². The average molecular weight is 237 g/mol. The molecule has 86 valence electrons. The van der Waals surface area contributed by atoms with Crippen LogP contribution in [0.3, 0.4) is 0 Å². The number of halogens is 5. The number of hydrogen-bond donors (Lipinski definition) is 1. The number of nitrogen functional groups attached to an aromatic ring is 1. The number of pyridine rings is 1. The van der Waals surface area contributed by atoms with Crippen molar-refractivity contribution in [3.63, 3.8) is 0 Å². The lowest BCUT2D eigenvalue weighted by atomic mass is 10.1. The molecule has 1 heterocycles. The van der Waals surface area contributed by atoms with E-state index in [1.54, 1.807) is 0 Å². The van der Waals surface area contributed by atoms with E-state index in [1.165, 1.54) is 0 Å². The fourth-order valence-electron chi connectivity index (χ4n) is 1.14. The van der Waals surface area contributed by atoms with Crippen LogP contribution in [0.5, 0.6) is 0 Å². The molecule has 16 heavy (non-hydrogen) atoms. The van der Waals surface area contributed by atoms with E-state index in [4.69, 9.17) is 11.0 Å².